The first kappa shape index (κ1) is 20.8. The van der Waals surface area contributed by atoms with Crippen molar-refractivity contribution in [2.24, 2.45) is 0 Å². The topological polar surface area (TPSA) is 89.6 Å². The van der Waals surface area contributed by atoms with Crippen LogP contribution in [0.4, 0.5) is 10.8 Å². The van der Waals surface area contributed by atoms with E-state index in [9.17, 15) is 9.59 Å². The van der Waals surface area contributed by atoms with E-state index < -0.39 is 0 Å². The number of benzene rings is 2. The third-order valence-electron chi connectivity index (χ3n) is 3.86. The Labute approximate surface area is 180 Å². The first-order valence-electron chi connectivity index (χ1n) is 8.51. The number of hydrogen-bond acceptors (Lipinski definition) is 6. The summed E-state index contributed by atoms with van der Waals surface area (Å²) < 4.78 is 11.3. The summed E-state index contributed by atoms with van der Waals surface area (Å²) in [4.78, 5) is 29.0. The van der Waals surface area contributed by atoms with E-state index in [4.69, 9.17) is 9.47 Å². The summed E-state index contributed by atoms with van der Waals surface area (Å²) in [6.45, 7) is 0. The molecule has 0 aliphatic carbocycles. The molecule has 0 aliphatic rings. The van der Waals surface area contributed by atoms with Crippen molar-refractivity contribution >= 4 is 49.9 Å². The number of hydrogen-bond donors (Lipinski definition) is 2. The molecular formula is C20H18BrN3O4S. The van der Waals surface area contributed by atoms with Crippen LogP contribution in [0.25, 0.3) is 0 Å². The number of carbonyl (C=O) groups is 2. The van der Waals surface area contributed by atoms with Crippen LogP contribution in [0.15, 0.2) is 52.3 Å². The number of nitrogens with one attached hydrogen (secondary N) is 2. The largest absolute Gasteiger partial charge is 0.497 e. The van der Waals surface area contributed by atoms with Crippen LogP contribution >= 0.6 is 27.3 Å². The predicted molar refractivity (Wildman–Crippen MR) is 116 cm³/mol. The predicted octanol–water partition coefficient (Wildman–Crippen LogP) is 4.36. The van der Waals surface area contributed by atoms with Crippen LogP contribution < -0.4 is 20.1 Å². The number of nitrogens with zero attached hydrogens (tertiary/aromatic N) is 1. The van der Waals surface area contributed by atoms with Crippen molar-refractivity contribution in [3.05, 3.63) is 63.6 Å². The maximum absolute atomic E-state index is 12.5. The average Bonchev–Trinajstić information content (AvgIpc) is 3.15. The van der Waals surface area contributed by atoms with E-state index in [1.807, 2.05) is 12.1 Å². The van der Waals surface area contributed by atoms with Gasteiger partial charge in [-0.3, -0.25) is 14.9 Å². The van der Waals surface area contributed by atoms with Gasteiger partial charge in [0, 0.05) is 27.2 Å². The molecule has 0 fully saturated rings. The van der Waals surface area contributed by atoms with Crippen molar-refractivity contribution in [2.75, 3.05) is 24.9 Å². The minimum Gasteiger partial charge on any atom is -0.497 e. The minimum absolute atomic E-state index is 0.107. The molecule has 0 spiro atoms. The molecule has 7 nitrogen and oxygen atoms in total. The monoisotopic (exact) mass is 475 g/mol. The summed E-state index contributed by atoms with van der Waals surface area (Å²) in [5.41, 5.74) is 1.66. The lowest BCUT2D eigenvalue weighted by Crippen LogP contribution is -2.15. The molecule has 0 atom stereocenters. The fourth-order valence-corrected chi connectivity index (χ4v) is 3.43. The van der Waals surface area contributed by atoms with Gasteiger partial charge in [0.25, 0.3) is 5.91 Å². The van der Waals surface area contributed by atoms with Gasteiger partial charge in [0.1, 0.15) is 11.5 Å². The van der Waals surface area contributed by atoms with E-state index in [1.54, 1.807) is 35.7 Å². The summed E-state index contributed by atoms with van der Waals surface area (Å²) in [5, 5.41) is 7.68. The molecule has 29 heavy (non-hydrogen) atoms. The lowest BCUT2D eigenvalue weighted by molar-refractivity contribution is -0.115. The second-order valence-corrected chi connectivity index (χ2v) is 7.71. The van der Waals surface area contributed by atoms with Crippen LogP contribution in [0.3, 0.4) is 0 Å². The Kier molecular flexibility index (Phi) is 6.84. The van der Waals surface area contributed by atoms with Gasteiger partial charge in [0.2, 0.25) is 5.91 Å². The molecule has 0 aliphatic heterocycles. The van der Waals surface area contributed by atoms with E-state index in [-0.39, 0.29) is 18.2 Å². The Bertz CT molecular complexity index is 999. The van der Waals surface area contributed by atoms with E-state index in [0.29, 0.717) is 33.6 Å². The number of thiazole rings is 1. The summed E-state index contributed by atoms with van der Waals surface area (Å²) in [7, 11) is 3.03. The van der Waals surface area contributed by atoms with E-state index in [0.717, 1.165) is 4.47 Å². The van der Waals surface area contributed by atoms with E-state index >= 15 is 0 Å². The molecule has 0 unspecified atom stereocenters. The second kappa shape index (κ2) is 9.53. The fraction of sp³-hybridized carbons (Fsp3) is 0.150. The van der Waals surface area contributed by atoms with Crippen molar-refractivity contribution < 1.29 is 19.1 Å². The van der Waals surface area contributed by atoms with Gasteiger partial charge in [-0.15, -0.1) is 11.3 Å². The van der Waals surface area contributed by atoms with Crippen LogP contribution in [0.1, 0.15) is 16.1 Å². The Morgan fingerprint density at radius 2 is 1.69 bits per heavy atom. The van der Waals surface area contributed by atoms with Crippen molar-refractivity contribution in [1.29, 1.82) is 0 Å². The highest BCUT2D eigenvalue weighted by Crippen LogP contribution is 2.24. The van der Waals surface area contributed by atoms with Gasteiger partial charge < -0.3 is 14.8 Å². The van der Waals surface area contributed by atoms with Crippen LogP contribution in [-0.2, 0) is 11.2 Å². The number of halogens is 1. The third kappa shape index (κ3) is 5.78. The number of methoxy groups -OCH3 is 2. The van der Waals surface area contributed by atoms with E-state index in [1.165, 1.54) is 25.6 Å². The molecule has 0 saturated heterocycles. The summed E-state index contributed by atoms with van der Waals surface area (Å²) in [5.74, 6) is 0.494. The highest BCUT2D eigenvalue weighted by molar-refractivity contribution is 9.10. The Morgan fingerprint density at radius 1 is 1.03 bits per heavy atom. The van der Waals surface area contributed by atoms with Gasteiger partial charge in [-0.2, -0.15) is 0 Å². The first-order valence-corrected chi connectivity index (χ1v) is 10.2. The summed E-state index contributed by atoms with van der Waals surface area (Å²) in [6, 6.07) is 12.2. The Morgan fingerprint density at radius 3 is 2.31 bits per heavy atom. The van der Waals surface area contributed by atoms with Crippen molar-refractivity contribution in [2.45, 2.75) is 6.42 Å². The molecular weight excluding hydrogens is 458 g/mol. The smallest absolute Gasteiger partial charge is 0.257 e. The number of anilines is 2. The highest BCUT2D eigenvalue weighted by atomic mass is 79.9. The van der Waals surface area contributed by atoms with E-state index in [2.05, 4.69) is 31.5 Å². The van der Waals surface area contributed by atoms with Crippen molar-refractivity contribution in [3.63, 3.8) is 0 Å². The third-order valence-corrected chi connectivity index (χ3v) is 5.19. The zero-order valence-corrected chi connectivity index (χ0v) is 18.1. The van der Waals surface area contributed by atoms with Gasteiger partial charge in [-0.25, -0.2) is 4.98 Å². The van der Waals surface area contributed by atoms with Crippen LogP contribution in [-0.4, -0.2) is 31.0 Å². The lowest BCUT2D eigenvalue weighted by Gasteiger charge is -2.08. The molecule has 0 radical (unpaired) electrons. The molecule has 0 saturated carbocycles. The number of amides is 2. The number of ether oxygens (including phenoxy) is 2. The molecule has 1 heterocycles. The standard InChI is InChI=1S/C20H18BrN3O4S/c1-27-16-7-12(8-17(10-16)28-2)19(26)24-20-23-15(11-29-20)9-18(25)22-14-5-3-13(21)4-6-14/h3-8,10-11H,9H2,1-2H3,(H,22,25)(H,23,24,26). The molecule has 1 aromatic heterocycles. The summed E-state index contributed by atoms with van der Waals surface area (Å²) >= 11 is 4.60. The highest BCUT2D eigenvalue weighted by Gasteiger charge is 2.13. The molecule has 150 valence electrons. The first-order chi connectivity index (χ1) is 14.0. The molecule has 2 N–H and O–H groups in total. The van der Waals surface area contributed by atoms with Gasteiger partial charge in [0.05, 0.1) is 26.3 Å². The van der Waals surface area contributed by atoms with Gasteiger partial charge >= 0.3 is 0 Å². The number of aromatic nitrogens is 1. The quantitative estimate of drug-likeness (QED) is 0.529. The second-order valence-electron chi connectivity index (χ2n) is 5.93. The average molecular weight is 476 g/mol. The Hall–Kier alpha value is -2.91. The normalized spacial score (nSPS) is 10.3. The number of rotatable bonds is 7. The molecule has 2 aromatic carbocycles. The SMILES string of the molecule is COc1cc(OC)cc(C(=O)Nc2nc(CC(=O)Nc3ccc(Br)cc3)cs2)c1. The van der Waals surface area contributed by atoms with Crippen LogP contribution in [0, 0.1) is 0 Å². The molecule has 3 aromatic rings. The van der Waals surface area contributed by atoms with Crippen LogP contribution in [0.5, 0.6) is 11.5 Å². The molecule has 0 bridgehead atoms. The number of carbonyl (C=O) groups excluding carboxylic acids is 2. The fourth-order valence-electron chi connectivity index (χ4n) is 2.46. The maximum atomic E-state index is 12.5. The van der Waals surface area contributed by atoms with Crippen molar-refractivity contribution in [1.82, 2.24) is 4.98 Å². The zero-order chi connectivity index (χ0) is 20.8. The zero-order valence-electron chi connectivity index (χ0n) is 15.7. The van der Waals surface area contributed by atoms with Crippen molar-refractivity contribution in [3.8, 4) is 11.5 Å². The Balaban J connectivity index is 1.62. The molecule has 3 rings (SSSR count). The van der Waals surface area contributed by atoms with Gasteiger partial charge in [-0.1, -0.05) is 15.9 Å². The molecule has 9 heteroatoms. The maximum Gasteiger partial charge on any atom is 0.257 e. The molecule has 2 amide bonds. The van der Waals surface area contributed by atoms with Gasteiger partial charge in [-0.05, 0) is 36.4 Å². The lowest BCUT2D eigenvalue weighted by atomic mass is 10.2. The van der Waals surface area contributed by atoms with Crippen LogP contribution in [0.2, 0.25) is 0 Å². The van der Waals surface area contributed by atoms with Gasteiger partial charge in [0.15, 0.2) is 5.13 Å². The summed E-state index contributed by atoms with van der Waals surface area (Å²) in [6.07, 6.45) is 0.107. The minimum atomic E-state index is -0.345.